The van der Waals surface area contributed by atoms with Gasteiger partial charge in [-0.25, -0.2) is 0 Å². The van der Waals surface area contributed by atoms with Crippen molar-refractivity contribution in [1.82, 2.24) is 0 Å². The normalized spacial score (nSPS) is 10.6. The molecule has 2 nitrogen and oxygen atoms in total. The Morgan fingerprint density at radius 2 is 1.72 bits per heavy atom. The molecule has 0 unspecified atom stereocenters. The van der Waals surface area contributed by atoms with Crippen LogP contribution in [0.3, 0.4) is 0 Å². The fourth-order valence-electron chi connectivity index (χ4n) is 1.58. The molecule has 2 N–H and O–H groups in total. The zero-order chi connectivity index (χ0) is 13.0. The molecular weight excluding hydrogens is 358 g/mol. The second-order valence-electron chi connectivity index (χ2n) is 3.94. The fraction of sp³-hybridized carbons (Fsp3) is 0.143. The Bertz CT molecular complexity index is 543. The molecule has 2 aromatic rings. The maximum atomic E-state index is 5.82. The van der Waals surface area contributed by atoms with Gasteiger partial charge in [-0.2, -0.15) is 0 Å². The summed E-state index contributed by atoms with van der Waals surface area (Å²) in [4.78, 5) is 0. The van der Waals surface area contributed by atoms with Gasteiger partial charge in [-0.15, -0.1) is 0 Å². The van der Waals surface area contributed by atoms with Gasteiger partial charge < -0.3 is 10.5 Å². The third-order valence-electron chi connectivity index (χ3n) is 2.54. The standard InChI is InChI=1S/C14H13Br2NO/c15-12-4-2-1-3-11(12)9-18-8-10-5-6-13(16)14(17)7-10/h1-7H,8-9,17H2. The number of benzene rings is 2. The molecule has 0 aliphatic heterocycles. The molecule has 4 heteroatoms. The number of rotatable bonds is 4. The minimum Gasteiger partial charge on any atom is -0.398 e. The second kappa shape index (κ2) is 6.36. The zero-order valence-corrected chi connectivity index (χ0v) is 12.9. The van der Waals surface area contributed by atoms with Gasteiger partial charge in [0.1, 0.15) is 0 Å². The van der Waals surface area contributed by atoms with E-state index in [0.717, 1.165) is 25.8 Å². The Morgan fingerprint density at radius 3 is 2.44 bits per heavy atom. The number of halogens is 2. The first-order valence-electron chi connectivity index (χ1n) is 5.52. The first kappa shape index (κ1) is 13.6. The summed E-state index contributed by atoms with van der Waals surface area (Å²) in [5.41, 5.74) is 8.76. The van der Waals surface area contributed by atoms with Crippen LogP contribution in [0.5, 0.6) is 0 Å². The van der Waals surface area contributed by atoms with Crippen molar-refractivity contribution in [1.29, 1.82) is 0 Å². The van der Waals surface area contributed by atoms with Gasteiger partial charge in [0.2, 0.25) is 0 Å². The van der Waals surface area contributed by atoms with Gasteiger partial charge in [-0.05, 0) is 45.3 Å². The lowest BCUT2D eigenvalue weighted by molar-refractivity contribution is 0.107. The molecule has 0 heterocycles. The molecule has 2 aromatic carbocycles. The van der Waals surface area contributed by atoms with Gasteiger partial charge >= 0.3 is 0 Å². The number of nitrogen functional groups attached to an aromatic ring is 1. The quantitative estimate of drug-likeness (QED) is 0.803. The Balaban J connectivity index is 1.92. The first-order valence-corrected chi connectivity index (χ1v) is 7.10. The number of hydrogen-bond donors (Lipinski definition) is 1. The molecular formula is C14H13Br2NO. The summed E-state index contributed by atoms with van der Waals surface area (Å²) in [5, 5.41) is 0. The largest absolute Gasteiger partial charge is 0.398 e. The Hall–Kier alpha value is -0.840. The molecule has 0 bridgehead atoms. The van der Waals surface area contributed by atoms with Gasteiger partial charge in [-0.1, -0.05) is 40.2 Å². The van der Waals surface area contributed by atoms with Crippen molar-refractivity contribution in [2.75, 3.05) is 5.73 Å². The lowest BCUT2D eigenvalue weighted by Gasteiger charge is -2.07. The van der Waals surface area contributed by atoms with E-state index < -0.39 is 0 Å². The van der Waals surface area contributed by atoms with Crippen LogP contribution in [0.15, 0.2) is 51.4 Å². The number of hydrogen-bond acceptors (Lipinski definition) is 2. The van der Waals surface area contributed by atoms with Crippen molar-refractivity contribution in [3.63, 3.8) is 0 Å². The topological polar surface area (TPSA) is 35.2 Å². The van der Waals surface area contributed by atoms with Crippen LogP contribution in [-0.2, 0) is 18.0 Å². The zero-order valence-electron chi connectivity index (χ0n) is 9.70. The van der Waals surface area contributed by atoms with Gasteiger partial charge in [-0.3, -0.25) is 0 Å². The predicted molar refractivity (Wildman–Crippen MR) is 81.2 cm³/mol. The second-order valence-corrected chi connectivity index (χ2v) is 5.65. The number of anilines is 1. The van der Waals surface area contributed by atoms with Crippen LogP contribution in [0.1, 0.15) is 11.1 Å². The summed E-state index contributed by atoms with van der Waals surface area (Å²) in [7, 11) is 0. The van der Waals surface area contributed by atoms with E-state index >= 15 is 0 Å². The lowest BCUT2D eigenvalue weighted by Crippen LogP contribution is -1.96. The van der Waals surface area contributed by atoms with Crippen LogP contribution in [0.2, 0.25) is 0 Å². The van der Waals surface area contributed by atoms with E-state index in [-0.39, 0.29) is 0 Å². The summed E-state index contributed by atoms with van der Waals surface area (Å²) in [6.45, 7) is 1.14. The summed E-state index contributed by atoms with van der Waals surface area (Å²) in [6.07, 6.45) is 0. The van der Waals surface area contributed by atoms with Gasteiger partial charge in [0, 0.05) is 14.6 Å². The monoisotopic (exact) mass is 369 g/mol. The van der Waals surface area contributed by atoms with E-state index in [4.69, 9.17) is 10.5 Å². The minimum absolute atomic E-state index is 0.554. The third kappa shape index (κ3) is 3.57. The highest BCUT2D eigenvalue weighted by Crippen LogP contribution is 2.21. The molecule has 0 aliphatic carbocycles. The highest BCUT2D eigenvalue weighted by atomic mass is 79.9. The molecule has 0 saturated carbocycles. The first-order chi connectivity index (χ1) is 8.66. The van der Waals surface area contributed by atoms with E-state index in [2.05, 4.69) is 31.9 Å². The van der Waals surface area contributed by atoms with E-state index in [0.29, 0.717) is 13.2 Å². The van der Waals surface area contributed by atoms with Crippen molar-refractivity contribution in [3.8, 4) is 0 Å². The number of ether oxygens (including phenoxy) is 1. The maximum absolute atomic E-state index is 5.82. The van der Waals surface area contributed by atoms with Crippen LogP contribution < -0.4 is 5.73 Å². The highest BCUT2D eigenvalue weighted by Gasteiger charge is 2.01. The van der Waals surface area contributed by atoms with Crippen molar-refractivity contribution in [2.45, 2.75) is 13.2 Å². The predicted octanol–water partition coefficient (Wildman–Crippen LogP) is 4.51. The van der Waals surface area contributed by atoms with Gasteiger partial charge in [0.25, 0.3) is 0 Å². The number of nitrogens with two attached hydrogens (primary N) is 1. The molecule has 18 heavy (non-hydrogen) atoms. The summed E-state index contributed by atoms with van der Waals surface area (Å²) < 4.78 is 7.66. The van der Waals surface area contributed by atoms with E-state index in [1.54, 1.807) is 0 Å². The summed E-state index contributed by atoms with van der Waals surface area (Å²) in [6, 6.07) is 13.9. The molecule has 0 atom stereocenters. The molecule has 0 radical (unpaired) electrons. The van der Waals surface area contributed by atoms with Crippen LogP contribution in [0, 0.1) is 0 Å². The maximum Gasteiger partial charge on any atom is 0.0732 e. The Morgan fingerprint density at radius 1 is 0.944 bits per heavy atom. The lowest BCUT2D eigenvalue weighted by atomic mass is 10.2. The molecule has 0 saturated heterocycles. The highest BCUT2D eigenvalue weighted by molar-refractivity contribution is 9.10. The van der Waals surface area contributed by atoms with Crippen molar-refractivity contribution in [2.24, 2.45) is 0 Å². The van der Waals surface area contributed by atoms with Crippen molar-refractivity contribution < 1.29 is 4.74 Å². The van der Waals surface area contributed by atoms with E-state index in [1.165, 1.54) is 0 Å². The van der Waals surface area contributed by atoms with Gasteiger partial charge in [0.05, 0.1) is 13.2 Å². The Labute approximate surface area is 123 Å². The minimum atomic E-state index is 0.554. The summed E-state index contributed by atoms with van der Waals surface area (Å²) >= 11 is 6.87. The van der Waals surface area contributed by atoms with Crippen molar-refractivity contribution in [3.05, 3.63) is 62.5 Å². The SMILES string of the molecule is Nc1cc(COCc2ccccc2Br)ccc1Br. The van der Waals surface area contributed by atoms with Crippen LogP contribution in [0.4, 0.5) is 5.69 Å². The average Bonchev–Trinajstić information content (AvgIpc) is 2.36. The molecule has 0 aromatic heterocycles. The van der Waals surface area contributed by atoms with Crippen LogP contribution >= 0.6 is 31.9 Å². The molecule has 94 valence electrons. The van der Waals surface area contributed by atoms with E-state index in [9.17, 15) is 0 Å². The fourth-order valence-corrected chi connectivity index (χ4v) is 2.22. The molecule has 0 fully saturated rings. The van der Waals surface area contributed by atoms with Crippen LogP contribution in [0.25, 0.3) is 0 Å². The van der Waals surface area contributed by atoms with E-state index in [1.807, 2.05) is 42.5 Å². The molecule has 0 spiro atoms. The smallest absolute Gasteiger partial charge is 0.0732 e. The van der Waals surface area contributed by atoms with Gasteiger partial charge in [0.15, 0.2) is 0 Å². The summed E-state index contributed by atoms with van der Waals surface area (Å²) in [5.74, 6) is 0. The van der Waals surface area contributed by atoms with Crippen LogP contribution in [-0.4, -0.2) is 0 Å². The van der Waals surface area contributed by atoms with Crippen molar-refractivity contribution >= 4 is 37.5 Å². The molecule has 0 amide bonds. The third-order valence-corrected chi connectivity index (χ3v) is 4.04. The molecule has 0 aliphatic rings. The average molecular weight is 371 g/mol. The Kier molecular flexibility index (Phi) is 4.80. The molecule has 2 rings (SSSR count).